The molecule has 4 nitrogen and oxygen atoms in total. The second-order valence-corrected chi connectivity index (χ2v) is 3.51. The van der Waals surface area contributed by atoms with Crippen LogP contribution in [0.25, 0.3) is 0 Å². The van der Waals surface area contributed by atoms with Gasteiger partial charge in [-0.2, -0.15) is 0 Å². The zero-order valence-corrected chi connectivity index (χ0v) is 9.15. The normalized spacial score (nSPS) is 10.1. The van der Waals surface area contributed by atoms with Gasteiger partial charge in [0.25, 0.3) is 5.91 Å². The van der Waals surface area contributed by atoms with Crippen LogP contribution >= 0.6 is 0 Å². The molecule has 0 unspecified atom stereocenters. The number of hydrogen-bond acceptors (Lipinski definition) is 3. The van der Waals surface area contributed by atoms with Gasteiger partial charge in [0.1, 0.15) is 0 Å². The molecule has 0 aliphatic carbocycles. The zero-order chi connectivity index (χ0) is 11.5. The summed E-state index contributed by atoms with van der Waals surface area (Å²) in [5, 5.41) is 2.77. The van der Waals surface area contributed by atoms with E-state index in [-0.39, 0.29) is 11.7 Å². The van der Waals surface area contributed by atoms with Crippen molar-refractivity contribution in [2.75, 3.05) is 5.32 Å². The van der Waals surface area contributed by atoms with Gasteiger partial charge in [-0.1, -0.05) is 18.2 Å². The van der Waals surface area contributed by atoms with E-state index in [9.17, 15) is 4.79 Å². The summed E-state index contributed by atoms with van der Waals surface area (Å²) < 4.78 is 5.13. The lowest BCUT2D eigenvalue weighted by molar-refractivity contribution is 0.0995. The number of nitrogens with zero attached hydrogens (tertiary/aromatic N) is 1. The molecule has 0 bridgehead atoms. The SMILES string of the molecule is Cc1ncc(C(=O)Nc2ccccc2C)o1. The minimum atomic E-state index is -0.282. The molecule has 0 atom stereocenters. The summed E-state index contributed by atoms with van der Waals surface area (Å²) in [6.45, 7) is 3.63. The molecule has 2 aromatic rings. The smallest absolute Gasteiger partial charge is 0.293 e. The minimum absolute atomic E-state index is 0.223. The Hall–Kier alpha value is -2.10. The quantitative estimate of drug-likeness (QED) is 0.839. The summed E-state index contributed by atoms with van der Waals surface area (Å²) in [4.78, 5) is 15.6. The summed E-state index contributed by atoms with van der Waals surface area (Å²) in [5.41, 5.74) is 1.79. The molecule has 0 fully saturated rings. The van der Waals surface area contributed by atoms with Crippen LogP contribution in [0.5, 0.6) is 0 Å². The van der Waals surface area contributed by atoms with Crippen molar-refractivity contribution in [2.24, 2.45) is 0 Å². The maximum Gasteiger partial charge on any atom is 0.293 e. The number of nitrogens with one attached hydrogen (secondary N) is 1. The molecule has 4 heteroatoms. The Labute approximate surface area is 93.3 Å². The standard InChI is InChI=1S/C12H12N2O2/c1-8-5-3-4-6-10(8)14-12(15)11-7-13-9(2)16-11/h3-7H,1-2H3,(H,14,15). The number of aryl methyl sites for hydroxylation is 2. The molecule has 0 spiro atoms. The first-order valence-electron chi connectivity index (χ1n) is 4.96. The molecule has 0 aliphatic heterocycles. The number of carbonyl (C=O) groups is 1. The van der Waals surface area contributed by atoms with E-state index in [0.29, 0.717) is 5.89 Å². The topological polar surface area (TPSA) is 55.1 Å². The highest BCUT2D eigenvalue weighted by atomic mass is 16.4. The fourth-order valence-electron chi connectivity index (χ4n) is 1.36. The van der Waals surface area contributed by atoms with Gasteiger partial charge in [0, 0.05) is 12.6 Å². The molecule has 16 heavy (non-hydrogen) atoms. The van der Waals surface area contributed by atoms with E-state index in [0.717, 1.165) is 11.3 Å². The number of anilines is 1. The van der Waals surface area contributed by atoms with Gasteiger partial charge in [-0.05, 0) is 18.6 Å². The Bertz CT molecular complexity index is 517. The largest absolute Gasteiger partial charge is 0.436 e. The van der Waals surface area contributed by atoms with Gasteiger partial charge in [-0.15, -0.1) is 0 Å². The fourth-order valence-corrected chi connectivity index (χ4v) is 1.36. The maximum atomic E-state index is 11.7. The number of benzene rings is 1. The lowest BCUT2D eigenvalue weighted by Crippen LogP contribution is -2.11. The van der Waals surface area contributed by atoms with Gasteiger partial charge >= 0.3 is 0 Å². The molecule has 1 amide bonds. The van der Waals surface area contributed by atoms with E-state index in [1.165, 1.54) is 6.20 Å². The summed E-state index contributed by atoms with van der Waals surface area (Å²) in [7, 11) is 0. The maximum absolute atomic E-state index is 11.7. The first-order valence-corrected chi connectivity index (χ1v) is 4.96. The van der Waals surface area contributed by atoms with Crippen LogP contribution in [-0.2, 0) is 0 Å². The van der Waals surface area contributed by atoms with Gasteiger partial charge in [-0.25, -0.2) is 4.98 Å². The fraction of sp³-hybridized carbons (Fsp3) is 0.167. The summed E-state index contributed by atoms with van der Waals surface area (Å²) in [5.74, 6) is 0.422. The monoisotopic (exact) mass is 216 g/mol. The van der Waals surface area contributed by atoms with E-state index < -0.39 is 0 Å². The van der Waals surface area contributed by atoms with Crippen molar-refractivity contribution in [1.29, 1.82) is 0 Å². The number of aromatic nitrogens is 1. The third-order valence-corrected chi connectivity index (χ3v) is 2.24. The van der Waals surface area contributed by atoms with E-state index in [1.54, 1.807) is 6.92 Å². The molecule has 0 radical (unpaired) electrons. The van der Waals surface area contributed by atoms with Crippen molar-refractivity contribution in [3.8, 4) is 0 Å². The second-order valence-electron chi connectivity index (χ2n) is 3.51. The lowest BCUT2D eigenvalue weighted by atomic mass is 10.2. The van der Waals surface area contributed by atoms with E-state index in [1.807, 2.05) is 31.2 Å². The molecule has 0 saturated heterocycles. The van der Waals surface area contributed by atoms with Crippen LogP contribution in [-0.4, -0.2) is 10.9 Å². The zero-order valence-electron chi connectivity index (χ0n) is 9.15. The number of para-hydroxylation sites is 1. The summed E-state index contributed by atoms with van der Waals surface area (Å²) in [6, 6.07) is 7.57. The highest BCUT2D eigenvalue weighted by Gasteiger charge is 2.11. The lowest BCUT2D eigenvalue weighted by Gasteiger charge is -2.05. The van der Waals surface area contributed by atoms with Crippen LogP contribution in [0.2, 0.25) is 0 Å². The van der Waals surface area contributed by atoms with E-state index in [4.69, 9.17) is 4.42 Å². The second kappa shape index (κ2) is 4.18. The van der Waals surface area contributed by atoms with Crippen LogP contribution in [0.1, 0.15) is 22.0 Å². The molecule has 1 aromatic carbocycles. The Kier molecular flexibility index (Phi) is 2.72. The summed E-state index contributed by atoms with van der Waals surface area (Å²) in [6.07, 6.45) is 1.42. The Morgan fingerprint density at radius 2 is 2.06 bits per heavy atom. The number of rotatable bonds is 2. The van der Waals surface area contributed by atoms with Crippen molar-refractivity contribution < 1.29 is 9.21 Å². The van der Waals surface area contributed by atoms with E-state index >= 15 is 0 Å². The minimum Gasteiger partial charge on any atom is -0.436 e. The van der Waals surface area contributed by atoms with Gasteiger partial charge in [0.2, 0.25) is 5.76 Å². The van der Waals surface area contributed by atoms with Gasteiger partial charge < -0.3 is 9.73 Å². The number of oxazole rings is 1. The first-order chi connectivity index (χ1) is 7.66. The molecular formula is C12H12N2O2. The van der Waals surface area contributed by atoms with Crippen LogP contribution in [0, 0.1) is 13.8 Å². The van der Waals surface area contributed by atoms with Crippen LogP contribution in [0.15, 0.2) is 34.9 Å². The molecular weight excluding hydrogens is 204 g/mol. The molecule has 0 saturated carbocycles. The number of hydrogen-bond donors (Lipinski definition) is 1. The third kappa shape index (κ3) is 2.11. The Morgan fingerprint density at radius 1 is 1.31 bits per heavy atom. The van der Waals surface area contributed by atoms with Crippen molar-refractivity contribution in [1.82, 2.24) is 4.98 Å². The molecule has 1 aromatic heterocycles. The average molecular weight is 216 g/mol. The van der Waals surface area contributed by atoms with E-state index in [2.05, 4.69) is 10.3 Å². The highest BCUT2D eigenvalue weighted by molar-refractivity contribution is 6.02. The van der Waals surface area contributed by atoms with Crippen molar-refractivity contribution in [3.63, 3.8) is 0 Å². The van der Waals surface area contributed by atoms with Crippen molar-refractivity contribution in [2.45, 2.75) is 13.8 Å². The summed E-state index contributed by atoms with van der Waals surface area (Å²) >= 11 is 0. The third-order valence-electron chi connectivity index (χ3n) is 2.24. The molecule has 2 rings (SSSR count). The van der Waals surface area contributed by atoms with Crippen molar-refractivity contribution in [3.05, 3.63) is 47.7 Å². The first kappa shape index (κ1) is 10.4. The molecule has 1 N–H and O–H groups in total. The van der Waals surface area contributed by atoms with Gasteiger partial charge in [0.15, 0.2) is 5.89 Å². The predicted octanol–water partition coefficient (Wildman–Crippen LogP) is 2.54. The van der Waals surface area contributed by atoms with Crippen LogP contribution in [0.3, 0.4) is 0 Å². The van der Waals surface area contributed by atoms with Crippen molar-refractivity contribution >= 4 is 11.6 Å². The van der Waals surface area contributed by atoms with Gasteiger partial charge in [-0.3, -0.25) is 4.79 Å². The highest BCUT2D eigenvalue weighted by Crippen LogP contribution is 2.14. The molecule has 82 valence electrons. The number of carbonyl (C=O) groups excluding carboxylic acids is 1. The molecule has 0 aliphatic rings. The van der Waals surface area contributed by atoms with Crippen LogP contribution in [0.4, 0.5) is 5.69 Å². The molecule has 1 heterocycles. The average Bonchev–Trinajstić information content (AvgIpc) is 2.68. The Balaban J connectivity index is 2.17. The predicted molar refractivity (Wildman–Crippen MR) is 60.4 cm³/mol. The van der Waals surface area contributed by atoms with Crippen LogP contribution < -0.4 is 5.32 Å². The Morgan fingerprint density at radius 3 is 2.69 bits per heavy atom. The van der Waals surface area contributed by atoms with Gasteiger partial charge in [0.05, 0.1) is 6.20 Å². The number of amides is 1.